The predicted molar refractivity (Wildman–Crippen MR) is 83.7 cm³/mol. The molecule has 0 bridgehead atoms. The molecule has 2 aromatic heterocycles. The summed E-state index contributed by atoms with van der Waals surface area (Å²) >= 11 is 0. The Morgan fingerprint density at radius 3 is 2.52 bits per heavy atom. The van der Waals surface area contributed by atoms with Gasteiger partial charge in [0.15, 0.2) is 5.75 Å². The second-order valence-electron chi connectivity index (χ2n) is 5.30. The maximum atomic E-state index is 5.91. The Bertz CT molecular complexity index is 619. The third kappa shape index (κ3) is 3.61. The van der Waals surface area contributed by atoms with Crippen molar-refractivity contribution in [3.05, 3.63) is 34.8 Å². The molecule has 0 atom stereocenters. The highest BCUT2D eigenvalue weighted by Gasteiger charge is 2.12. The van der Waals surface area contributed by atoms with Crippen LogP contribution >= 0.6 is 0 Å². The third-order valence-corrected chi connectivity index (χ3v) is 3.56. The van der Waals surface area contributed by atoms with Crippen molar-refractivity contribution in [1.29, 1.82) is 0 Å². The van der Waals surface area contributed by atoms with Crippen molar-refractivity contribution in [3.8, 4) is 11.6 Å². The maximum Gasteiger partial charge on any atom is 0.219 e. The second kappa shape index (κ2) is 6.72. The molecule has 114 valence electrons. The fourth-order valence-corrected chi connectivity index (χ4v) is 2.22. The summed E-state index contributed by atoms with van der Waals surface area (Å²) in [7, 11) is 1.91. The van der Waals surface area contributed by atoms with Gasteiger partial charge in [0.1, 0.15) is 5.69 Å². The average molecular weight is 288 g/mol. The molecule has 0 aliphatic rings. The highest BCUT2D eigenvalue weighted by atomic mass is 16.5. The first-order valence-electron chi connectivity index (χ1n) is 7.38. The summed E-state index contributed by atoms with van der Waals surface area (Å²) in [6.45, 7) is 9.97. The Kier molecular flexibility index (Phi) is 4.96. The van der Waals surface area contributed by atoms with Gasteiger partial charge in [-0.3, -0.25) is 4.68 Å². The van der Waals surface area contributed by atoms with Crippen molar-refractivity contribution in [2.75, 3.05) is 6.54 Å². The largest absolute Gasteiger partial charge is 0.435 e. The number of nitrogens with zero attached hydrogens (tertiary/aromatic N) is 3. The van der Waals surface area contributed by atoms with Gasteiger partial charge in [0.25, 0.3) is 0 Å². The fourth-order valence-electron chi connectivity index (χ4n) is 2.22. The topological polar surface area (TPSA) is 52.0 Å². The number of nitrogens with one attached hydrogen (secondary N) is 1. The van der Waals surface area contributed by atoms with E-state index in [-0.39, 0.29) is 0 Å². The van der Waals surface area contributed by atoms with Crippen LogP contribution < -0.4 is 10.1 Å². The van der Waals surface area contributed by atoms with Gasteiger partial charge < -0.3 is 10.1 Å². The van der Waals surface area contributed by atoms with Crippen LogP contribution in [0, 0.1) is 20.8 Å². The van der Waals surface area contributed by atoms with Crippen molar-refractivity contribution in [2.45, 2.75) is 40.7 Å². The zero-order valence-corrected chi connectivity index (χ0v) is 13.5. The second-order valence-corrected chi connectivity index (χ2v) is 5.30. The lowest BCUT2D eigenvalue weighted by atomic mass is 10.2. The highest BCUT2D eigenvalue weighted by molar-refractivity contribution is 5.36. The molecule has 21 heavy (non-hydrogen) atoms. The van der Waals surface area contributed by atoms with E-state index >= 15 is 0 Å². The van der Waals surface area contributed by atoms with Crippen LogP contribution in [0.1, 0.15) is 36.0 Å². The summed E-state index contributed by atoms with van der Waals surface area (Å²) in [5.74, 6) is 1.41. The molecule has 1 N–H and O–H groups in total. The van der Waals surface area contributed by atoms with Gasteiger partial charge in [-0.25, -0.2) is 4.98 Å². The molecule has 0 aliphatic carbocycles. The summed E-state index contributed by atoms with van der Waals surface area (Å²) in [4.78, 5) is 4.54. The van der Waals surface area contributed by atoms with Crippen molar-refractivity contribution in [2.24, 2.45) is 7.05 Å². The van der Waals surface area contributed by atoms with Crippen LogP contribution in [-0.2, 0) is 13.6 Å². The van der Waals surface area contributed by atoms with E-state index < -0.39 is 0 Å². The van der Waals surface area contributed by atoms with Gasteiger partial charge in [-0.2, -0.15) is 5.10 Å². The lowest BCUT2D eigenvalue weighted by Crippen LogP contribution is -2.15. The van der Waals surface area contributed by atoms with Crippen LogP contribution in [0.25, 0.3) is 0 Å². The van der Waals surface area contributed by atoms with E-state index in [0.29, 0.717) is 5.88 Å². The van der Waals surface area contributed by atoms with Crippen LogP contribution in [0.2, 0.25) is 0 Å². The molecule has 2 rings (SSSR count). The Balaban J connectivity index is 2.13. The molecule has 0 spiro atoms. The van der Waals surface area contributed by atoms with Crippen LogP contribution in [0.3, 0.4) is 0 Å². The van der Waals surface area contributed by atoms with Crippen molar-refractivity contribution in [1.82, 2.24) is 20.1 Å². The van der Waals surface area contributed by atoms with E-state index in [1.165, 1.54) is 5.56 Å². The predicted octanol–water partition coefficient (Wildman–Crippen LogP) is 3.03. The normalized spacial score (nSPS) is 10.9. The molecule has 5 nitrogen and oxygen atoms in total. The first kappa shape index (κ1) is 15.5. The Morgan fingerprint density at radius 1 is 1.19 bits per heavy atom. The minimum absolute atomic E-state index is 0.617. The Morgan fingerprint density at radius 2 is 1.95 bits per heavy atom. The molecule has 2 aromatic rings. The molecular formula is C16H24N4O. The van der Waals surface area contributed by atoms with E-state index in [4.69, 9.17) is 4.74 Å². The smallest absolute Gasteiger partial charge is 0.219 e. The molecule has 0 saturated heterocycles. The molecule has 0 radical (unpaired) electrons. The SMILES string of the molecule is CCCNCc1ccc(Oc2c(C)nn(C)c2C)nc1C. The summed E-state index contributed by atoms with van der Waals surface area (Å²) in [6.07, 6.45) is 1.13. The number of aromatic nitrogens is 3. The summed E-state index contributed by atoms with van der Waals surface area (Å²) < 4.78 is 7.73. The first-order chi connectivity index (χ1) is 10.0. The van der Waals surface area contributed by atoms with E-state index in [1.807, 2.05) is 38.6 Å². The van der Waals surface area contributed by atoms with Gasteiger partial charge in [-0.05, 0) is 39.3 Å². The van der Waals surface area contributed by atoms with E-state index in [2.05, 4.69) is 28.4 Å². The fraction of sp³-hybridized carbons (Fsp3) is 0.500. The van der Waals surface area contributed by atoms with Gasteiger partial charge in [-0.1, -0.05) is 13.0 Å². The van der Waals surface area contributed by atoms with E-state index in [0.717, 1.165) is 42.3 Å². The summed E-state index contributed by atoms with van der Waals surface area (Å²) in [6, 6.07) is 3.99. The quantitative estimate of drug-likeness (QED) is 0.830. The monoisotopic (exact) mass is 288 g/mol. The average Bonchev–Trinajstić information content (AvgIpc) is 2.68. The van der Waals surface area contributed by atoms with Crippen molar-refractivity contribution in [3.63, 3.8) is 0 Å². The van der Waals surface area contributed by atoms with Crippen LogP contribution in [-0.4, -0.2) is 21.3 Å². The van der Waals surface area contributed by atoms with Gasteiger partial charge in [-0.15, -0.1) is 0 Å². The number of rotatable bonds is 6. The number of hydrogen-bond acceptors (Lipinski definition) is 4. The van der Waals surface area contributed by atoms with E-state index in [9.17, 15) is 0 Å². The molecule has 5 heteroatoms. The molecule has 2 heterocycles. The van der Waals surface area contributed by atoms with Gasteiger partial charge >= 0.3 is 0 Å². The van der Waals surface area contributed by atoms with E-state index in [1.54, 1.807) is 0 Å². The maximum absolute atomic E-state index is 5.91. The molecule has 0 unspecified atom stereocenters. The third-order valence-electron chi connectivity index (χ3n) is 3.56. The standard InChI is InChI=1S/C16H24N4O/c1-6-9-17-10-14-7-8-15(18-11(14)2)21-16-12(3)19-20(5)13(16)4/h7-8,17H,6,9-10H2,1-5H3. The molecular weight excluding hydrogens is 264 g/mol. The van der Waals surface area contributed by atoms with Crippen molar-refractivity contribution < 1.29 is 4.74 Å². The van der Waals surface area contributed by atoms with Gasteiger partial charge in [0, 0.05) is 25.4 Å². The summed E-state index contributed by atoms with van der Waals surface area (Å²) in [5, 5.41) is 7.74. The molecule has 0 amide bonds. The Hall–Kier alpha value is -1.88. The lowest BCUT2D eigenvalue weighted by Gasteiger charge is -2.10. The minimum Gasteiger partial charge on any atom is -0.435 e. The molecule has 0 saturated carbocycles. The van der Waals surface area contributed by atoms with Gasteiger partial charge in [0.05, 0.1) is 5.69 Å². The van der Waals surface area contributed by atoms with Crippen molar-refractivity contribution >= 4 is 0 Å². The minimum atomic E-state index is 0.617. The zero-order valence-electron chi connectivity index (χ0n) is 13.5. The number of ether oxygens (including phenoxy) is 1. The first-order valence-corrected chi connectivity index (χ1v) is 7.38. The zero-order chi connectivity index (χ0) is 15.4. The van der Waals surface area contributed by atoms with Crippen LogP contribution in [0.4, 0.5) is 0 Å². The molecule has 0 aliphatic heterocycles. The van der Waals surface area contributed by atoms with Gasteiger partial charge in [0.2, 0.25) is 5.88 Å². The number of hydrogen-bond donors (Lipinski definition) is 1. The van der Waals surface area contributed by atoms with Crippen LogP contribution in [0.15, 0.2) is 12.1 Å². The molecule has 0 aromatic carbocycles. The number of pyridine rings is 1. The highest BCUT2D eigenvalue weighted by Crippen LogP contribution is 2.27. The van der Waals surface area contributed by atoms with Crippen LogP contribution in [0.5, 0.6) is 11.6 Å². The molecule has 0 fully saturated rings. The number of aryl methyl sites for hydroxylation is 3. The summed E-state index contributed by atoms with van der Waals surface area (Å²) in [5.41, 5.74) is 4.08. The Labute approximate surface area is 126 Å². The lowest BCUT2D eigenvalue weighted by molar-refractivity contribution is 0.453.